The molecule has 0 aromatic rings. The van der Waals surface area contributed by atoms with Crippen LogP contribution in [0.3, 0.4) is 0 Å². The summed E-state index contributed by atoms with van der Waals surface area (Å²) in [6.07, 6.45) is 0. The van der Waals surface area contributed by atoms with Gasteiger partial charge in [-0.3, -0.25) is 0 Å². The summed E-state index contributed by atoms with van der Waals surface area (Å²) in [5.41, 5.74) is 0. The molecule has 0 spiro atoms. The average molecular weight is 221 g/mol. The van der Waals surface area contributed by atoms with E-state index in [9.17, 15) is 0 Å². The lowest BCUT2D eigenvalue weighted by Crippen LogP contribution is -2.17. The number of nitrogens with zero attached hydrogens (tertiary/aromatic N) is 1. The second-order valence-corrected chi connectivity index (χ2v) is 5.58. The zero-order chi connectivity index (χ0) is 10.3. The highest BCUT2D eigenvalue weighted by Crippen LogP contribution is 2.18. The SMILES string of the molecule is CC(C)C(CS)CSCCN(C)C. The van der Waals surface area contributed by atoms with Crippen molar-refractivity contribution in [3.63, 3.8) is 0 Å². The van der Waals surface area contributed by atoms with Gasteiger partial charge < -0.3 is 4.90 Å². The number of thiol groups is 1. The van der Waals surface area contributed by atoms with Crippen molar-refractivity contribution in [3.8, 4) is 0 Å². The Labute approximate surface area is 93.1 Å². The quantitative estimate of drug-likeness (QED) is 0.520. The van der Waals surface area contributed by atoms with Crippen molar-refractivity contribution in [3.05, 3.63) is 0 Å². The van der Waals surface area contributed by atoms with Gasteiger partial charge in [-0.05, 0) is 37.4 Å². The normalized spacial score (nSPS) is 14.1. The van der Waals surface area contributed by atoms with Gasteiger partial charge in [0.25, 0.3) is 0 Å². The highest BCUT2D eigenvalue weighted by Gasteiger charge is 2.10. The molecular weight excluding hydrogens is 198 g/mol. The van der Waals surface area contributed by atoms with Crippen molar-refractivity contribution in [1.29, 1.82) is 0 Å². The topological polar surface area (TPSA) is 3.24 Å². The van der Waals surface area contributed by atoms with E-state index in [1.54, 1.807) is 0 Å². The highest BCUT2D eigenvalue weighted by atomic mass is 32.2. The van der Waals surface area contributed by atoms with Crippen LogP contribution in [0.1, 0.15) is 13.8 Å². The van der Waals surface area contributed by atoms with E-state index < -0.39 is 0 Å². The van der Waals surface area contributed by atoms with Crippen LogP contribution in [0, 0.1) is 11.8 Å². The molecule has 0 radical (unpaired) electrons. The minimum Gasteiger partial charge on any atom is -0.309 e. The van der Waals surface area contributed by atoms with E-state index in [-0.39, 0.29) is 0 Å². The zero-order valence-corrected chi connectivity index (χ0v) is 11.0. The monoisotopic (exact) mass is 221 g/mol. The molecule has 0 aliphatic heterocycles. The fourth-order valence-electron chi connectivity index (χ4n) is 0.938. The lowest BCUT2D eigenvalue weighted by Gasteiger charge is -2.18. The minimum atomic E-state index is 0.768. The Hall–Kier alpha value is 0.660. The van der Waals surface area contributed by atoms with Gasteiger partial charge in [0, 0.05) is 12.3 Å². The predicted octanol–water partition coefficient (Wildman–Crippen LogP) is 2.48. The number of hydrogen-bond acceptors (Lipinski definition) is 3. The van der Waals surface area contributed by atoms with Gasteiger partial charge >= 0.3 is 0 Å². The summed E-state index contributed by atoms with van der Waals surface area (Å²) in [6.45, 7) is 5.75. The van der Waals surface area contributed by atoms with Crippen molar-refractivity contribution < 1.29 is 0 Å². The molecule has 3 heteroatoms. The van der Waals surface area contributed by atoms with Gasteiger partial charge in [-0.15, -0.1) is 0 Å². The molecule has 0 heterocycles. The molecule has 1 nitrogen and oxygen atoms in total. The molecule has 0 rings (SSSR count). The second-order valence-electron chi connectivity index (χ2n) is 4.06. The van der Waals surface area contributed by atoms with E-state index in [2.05, 4.69) is 57.2 Å². The molecule has 13 heavy (non-hydrogen) atoms. The maximum Gasteiger partial charge on any atom is 0.00662 e. The molecule has 1 atom stereocenters. The largest absolute Gasteiger partial charge is 0.309 e. The zero-order valence-electron chi connectivity index (χ0n) is 9.29. The molecule has 80 valence electrons. The predicted molar refractivity (Wildman–Crippen MR) is 68.1 cm³/mol. The molecule has 0 aliphatic rings. The molecular formula is C10H23NS2. The third-order valence-electron chi connectivity index (χ3n) is 2.19. The summed E-state index contributed by atoms with van der Waals surface area (Å²) in [5, 5.41) is 0. The van der Waals surface area contributed by atoms with Crippen LogP contribution in [0.4, 0.5) is 0 Å². The van der Waals surface area contributed by atoms with Gasteiger partial charge in [-0.1, -0.05) is 13.8 Å². The van der Waals surface area contributed by atoms with Crippen molar-refractivity contribution in [2.45, 2.75) is 13.8 Å². The molecule has 1 unspecified atom stereocenters. The summed E-state index contributed by atoms with van der Waals surface area (Å²) >= 11 is 6.43. The second kappa shape index (κ2) is 8.01. The Morgan fingerprint density at radius 2 is 1.92 bits per heavy atom. The van der Waals surface area contributed by atoms with Crippen LogP contribution in [0.15, 0.2) is 0 Å². The van der Waals surface area contributed by atoms with E-state index in [1.807, 2.05) is 0 Å². The van der Waals surface area contributed by atoms with Crippen molar-refractivity contribution in [2.75, 3.05) is 37.9 Å². The summed E-state index contributed by atoms with van der Waals surface area (Å²) in [4.78, 5) is 2.23. The van der Waals surface area contributed by atoms with Gasteiger partial charge in [0.05, 0.1) is 0 Å². The molecule has 0 amide bonds. The van der Waals surface area contributed by atoms with Gasteiger partial charge in [-0.2, -0.15) is 24.4 Å². The first-order valence-electron chi connectivity index (χ1n) is 4.91. The van der Waals surface area contributed by atoms with Crippen LogP contribution in [-0.4, -0.2) is 42.8 Å². The van der Waals surface area contributed by atoms with E-state index in [0.29, 0.717) is 0 Å². The van der Waals surface area contributed by atoms with Crippen molar-refractivity contribution >= 4 is 24.4 Å². The van der Waals surface area contributed by atoms with Crippen molar-refractivity contribution in [1.82, 2.24) is 4.90 Å². The summed E-state index contributed by atoms with van der Waals surface area (Å²) < 4.78 is 0. The minimum absolute atomic E-state index is 0.768. The molecule has 0 fully saturated rings. The van der Waals surface area contributed by atoms with Crippen LogP contribution in [-0.2, 0) is 0 Å². The summed E-state index contributed by atoms with van der Waals surface area (Å²) in [6, 6.07) is 0. The lowest BCUT2D eigenvalue weighted by atomic mass is 10.0. The van der Waals surface area contributed by atoms with Crippen molar-refractivity contribution in [2.24, 2.45) is 11.8 Å². The van der Waals surface area contributed by atoms with E-state index in [0.717, 1.165) is 17.6 Å². The van der Waals surface area contributed by atoms with E-state index in [1.165, 1.54) is 18.1 Å². The number of thioether (sulfide) groups is 1. The molecule has 0 N–H and O–H groups in total. The Balaban J connectivity index is 3.39. The lowest BCUT2D eigenvalue weighted by molar-refractivity contribution is 0.436. The summed E-state index contributed by atoms with van der Waals surface area (Å²) in [5.74, 6) is 5.06. The van der Waals surface area contributed by atoms with Crippen LogP contribution in [0.2, 0.25) is 0 Å². The Kier molecular flexibility index (Phi) is 8.42. The van der Waals surface area contributed by atoms with Gasteiger partial charge in [-0.25, -0.2) is 0 Å². The smallest absolute Gasteiger partial charge is 0.00662 e. The molecule has 0 saturated carbocycles. The number of rotatable bonds is 7. The summed E-state index contributed by atoms with van der Waals surface area (Å²) in [7, 11) is 4.25. The van der Waals surface area contributed by atoms with Crippen LogP contribution in [0.5, 0.6) is 0 Å². The fraction of sp³-hybridized carbons (Fsp3) is 1.00. The van der Waals surface area contributed by atoms with Gasteiger partial charge in [0.2, 0.25) is 0 Å². The van der Waals surface area contributed by atoms with Crippen LogP contribution < -0.4 is 0 Å². The van der Waals surface area contributed by atoms with Crippen LogP contribution >= 0.6 is 24.4 Å². The molecule has 0 aliphatic carbocycles. The average Bonchev–Trinajstić information content (AvgIpc) is 2.03. The maximum atomic E-state index is 4.37. The van der Waals surface area contributed by atoms with Gasteiger partial charge in [0.1, 0.15) is 0 Å². The first kappa shape index (κ1) is 13.7. The van der Waals surface area contributed by atoms with Crippen LogP contribution in [0.25, 0.3) is 0 Å². The molecule has 0 aromatic heterocycles. The first-order chi connectivity index (χ1) is 6.07. The maximum absolute atomic E-state index is 4.37. The third-order valence-corrected chi connectivity index (χ3v) is 3.80. The molecule has 0 aromatic carbocycles. The standard InChI is InChI=1S/C10H23NS2/c1-9(2)10(7-12)8-13-6-5-11(3)4/h9-10,12H,5-8H2,1-4H3. The van der Waals surface area contributed by atoms with E-state index >= 15 is 0 Å². The molecule has 0 saturated heterocycles. The number of hydrogen-bond donors (Lipinski definition) is 1. The Morgan fingerprint density at radius 1 is 1.31 bits per heavy atom. The Bertz CT molecular complexity index is 115. The van der Waals surface area contributed by atoms with Gasteiger partial charge in [0.15, 0.2) is 0 Å². The highest BCUT2D eigenvalue weighted by molar-refractivity contribution is 7.99. The Morgan fingerprint density at radius 3 is 2.31 bits per heavy atom. The molecule has 0 bridgehead atoms. The fourth-order valence-corrected chi connectivity index (χ4v) is 3.13. The van der Waals surface area contributed by atoms with E-state index in [4.69, 9.17) is 0 Å². The first-order valence-corrected chi connectivity index (χ1v) is 6.70. The third kappa shape index (κ3) is 7.71.